The molecule has 0 unspecified atom stereocenters. The van der Waals surface area contributed by atoms with Gasteiger partial charge in [-0.2, -0.15) is 0 Å². The maximum Gasteiger partial charge on any atom is 0.146 e. The van der Waals surface area contributed by atoms with Gasteiger partial charge in [-0.05, 0) is 37.3 Å². The normalized spacial score (nSPS) is 19.0. The third-order valence-electron chi connectivity index (χ3n) is 6.49. The zero-order chi connectivity index (χ0) is 21.8. The highest BCUT2D eigenvalue weighted by Crippen LogP contribution is 2.39. The van der Waals surface area contributed by atoms with Crippen LogP contribution in [0, 0.1) is 0 Å². The van der Waals surface area contributed by atoms with E-state index in [1.54, 1.807) is 22.7 Å². The number of fused-ring (bicyclic) bond motifs is 1. The van der Waals surface area contributed by atoms with E-state index in [-0.39, 0.29) is 0 Å². The van der Waals surface area contributed by atoms with Crippen LogP contribution in [0.5, 0.6) is 0 Å². The van der Waals surface area contributed by atoms with E-state index >= 15 is 0 Å². The first-order chi connectivity index (χ1) is 15.8. The molecule has 172 valence electrons. The summed E-state index contributed by atoms with van der Waals surface area (Å²) in [6.07, 6.45) is 4.92. The van der Waals surface area contributed by atoms with Crippen LogP contribution < -0.4 is 5.32 Å². The van der Waals surface area contributed by atoms with Crippen molar-refractivity contribution in [1.82, 2.24) is 19.8 Å². The first kappa shape index (κ1) is 22.2. The van der Waals surface area contributed by atoms with Gasteiger partial charge >= 0.3 is 0 Å². The van der Waals surface area contributed by atoms with Crippen LogP contribution in [0.2, 0.25) is 0 Å². The molecular weight excluding hydrogens is 438 g/mol. The van der Waals surface area contributed by atoms with Crippen molar-refractivity contribution in [2.45, 2.75) is 45.2 Å². The quantitative estimate of drug-likeness (QED) is 0.503. The summed E-state index contributed by atoms with van der Waals surface area (Å²) >= 11 is 3.52. The highest BCUT2D eigenvalue weighted by atomic mass is 32.1. The van der Waals surface area contributed by atoms with Crippen molar-refractivity contribution in [3.8, 4) is 10.4 Å². The molecule has 6 nitrogen and oxygen atoms in total. The summed E-state index contributed by atoms with van der Waals surface area (Å²) in [6, 6.07) is 4.79. The number of piperidine rings is 1. The third kappa shape index (κ3) is 5.15. The van der Waals surface area contributed by atoms with Gasteiger partial charge in [0.2, 0.25) is 0 Å². The summed E-state index contributed by atoms with van der Waals surface area (Å²) in [4.78, 5) is 17.5. The molecule has 2 fully saturated rings. The Labute approximate surface area is 198 Å². The highest BCUT2D eigenvalue weighted by molar-refractivity contribution is 7.18. The molecule has 3 aromatic rings. The number of unbranched alkanes of at least 4 members (excludes halogenated alkanes) is 1. The van der Waals surface area contributed by atoms with E-state index in [2.05, 4.69) is 44.9 Å². The minimum absolute atomic E-state index is 0.471. The van der Waals surface area contributed by atoms with Gasteiger partial charge in [-0.1, -0.05) is 19.4 Å². The molecule has 8 heteroatoms. The fourth-order valence-corrected chi connectivity index (χ4v) is 6.39. The second-order valence-electron chi connectivity index (χ2n) is 8.80. The summed E-state index contributed by atoms with van der Waals surface area (Å²) < 4.78 is 5.51. The van der Waals surface area contributed by atoms with Crippen molar-refractivity contribution in [1.29, 1.82) is 0 Å². The zero-order valence-corrected chi connectivity index (χ0v) is 20.5. The van der Waals surface area contributed by atoms with Crippen LogP contribution in [-0.4, -0.2) is 71.7 Å². The number of ether oxygens (including phenoxy) is 1. The lowest BCUT2D eigenvalue weighted by Crippen LogP contribution is -2.39. The fourth-order valence-electron chi connectivity index (χ4n) is 4.61. The van der Waals surface area contributed by atoms with Gasteiger partial charge in [0.1, 0.15) is 16.5 Å². The van der Waals surface area contributed by atoms with Gasteiger partial charge in [0.05, 0.1) is 25.1 Å². The number of hydrogen-bond acceptors (Lipinski definition) is 8. The Hall–Kier alpha value is -1.58. The lowest BCUT2D eigenvalue weighted by molar-refractivity contribution is 0.0331. The summed E-state index contributed by atoms with van der Waals surface area (Å²) in [5.41, 5.74) is 1.26. The third-order valence-corrected chi connectivity index (χ3v) is 8.27. The molecule has 5 rings (SSSR count). The molecule has 1 N–H and O–H groups in total. The van der Waals surface area contributed by atoms with Crippen molar-refractivity contribution in [3.63, 3.8) is 0 Å². The van der Waals surface area contributed by atoms with Gasteiger partial charge in [-0.15, -0.1) is 22.7 Å². The van der Waals surface area contributed by atoms with Crippen molar-refractivity contribution in [3.05, 3.63) is 28.7 Å². The van der Waals surface area contributed by atoms with E-state index in [0.29, 0.717) is 6.04 Å². The molecule has 2 saturated heterocycles. The molecule has 0 aliphatic carbocycles. The summed E-state index contributed by atoms with van der Waals surface area (Å²) in [5.74, 6) is 1.94. The maximum atomic E-state index is 5.51. The number of thiophene rings is 2. The van der Waals surface area contributed by atoms with Crippen LogP contribution in [0.1, 0.15) is 38.4 Å². The minimum atomic E-state index is 0.471. The molecule has 3 aromatic heterocycles. The Morgan fingerprint density at radius 2 is 1.94 bits per heavy atom. The van der Waals surface area contributed by atoms with E-state index in [4.69, 9.17) is 14.7 Å². The number of aromatic nitrogens is 2. The lowest BCUT2D eigenvalue weighted by atomic mass is 10.0. The molecule has 0 amide bonds. The monoisotopic (exact) mass is 471 g/mol. The summed E-state index contributed by atoms with van der Waals surface area (Å²) in [5, 5.41) is 9.44. The zero-order valence-electron chi connectivity index (χ0n) is 18.9. The van der Waals surface area contributed by atoms with Crippen LogP contribution >= 0.6 is 22.7 Å². The van der Waals surface area contributed by atoms with E-state index in [9.17, 15) is 0 Å². The van der Waals surface area contributed by atoms with E-state index < -0.39 is 0 Å². The topological polar surface area (TPSA) is 53.5 Å². The van der Waals surface area contributed by atoms with Gasteiger partial charge < -0.3 is 15.0 Å². The summed E-state index contributed by atoms with van der Waals surface area (Å²) in [7, 11) is 0. The number of nitrogens with zero attached hydrogens (tertiary/aromatic N) is 4. The van der Waals surface area contributed by atoms with Crippen LogP contribution in [0.4, 0.5) is 5.82 Å². The van der Waals surface area contributed by atoms with E-state index in [0.717, 1.165) is 49.3 Å². The van der Waals surface area contributed by atoms with Gasteiger partial charge in [-0.25, -0.2) is 9.97 Å². The van der Waals surface area contributed by atoms with Crippen LogP contribution in [0.15, 0.2) is 22.9 Å². The SMILES string of the molecule is CCCCN1CCC(Nc2nc(CN3CCOCC3)nc3scc(-c4cccs4)c23)CC1. The molecule has 2 aliphatic rings. The van der Waals surface area contributed by atoms with Crippen molar-refractivity contribution in [2.24, 2.45) is 0 Å². The Bertz CT molecular complexity index is 991. The minimum Gasteiger partial charge on any atom is -0.379 e. The lowest BCUT2D eigenvalue weighted by Gasteiger charge is -2.32. The largest absolute Gasteiger partial charge is 0.379 e. The molecule has 5 heterocycles. The Morgan fingerprint density at radius 1 is 1.09 bits per heavy atom. The number of nitrogens with one attached hydrogen (secondary N) is 1. The molecule has 0 saturated carbocycles. The average Bonchev–Trinajstić information content (AvgIpc) is 3.49. The number of likely N-dealkylation sites (tertiary alicyclic amines) is 1. The maximum absolute atomic E-state index is 5.51. The summed E-state index contributed by atoms with van der Waals surface area (Å²) in [6.45, 7) is 10.1. The number of hydrogen-bond donors (Lipinski definition) is 1. The predicted octanol–water partition coefficient (Wildman–Crippen LogP) is 4.93. The van der Waals surface area contributed by atoms with Gasteiger partial charge in [0, 0.05) is 48.0 Å². The standard InChI is InChI=1S/C24H33N5OS2/c1-2-3-8-28-9-6-18(7-10-28)25-23-22-19(20-5-4-15-31-20)17-32-24(22)27-21(26-23)16-29-11-13-30-14-12-29/h4-5,15,17-18H,2-3,6-14,16H2,1H3,(H,25,26,27). The predicted molar refractivity (Wildman–Crippen MR) is 135 cm³/mol. The van der Waals surface area contributed by atoms with Crippen molar-refractivity contribution < 1.29 is 4.74 Å². The Morgan fingerprint density at radius 3 is 2.69 bits per heavy atom. The number of anilines is 1. The second kappa shape index (κ2) is 10.6. The van der Waals surface area contributed by atoms with E-state index in [1.165, 1.54) is 61.1 Å². The molecule has 32 heavy (non-hydrogen) atoms. The average molecular weight is 472 g/mol. The molecule has 0 atom stereocenters. The van der Waals surface area contributed by atoms with Crippen LogP contribution in [-0.2, 0) is 11.3 Å². The van der Waals surface area contributed by atoms with Gasteiger partial charge in [0.15, 0.2) is 0 Å². The molecular formula is C24H33N5OS2. The fraction of sp³-hybridized carbons (Fsp3) is 0.583. The molecule has 0 bridgehead atoms. The Balaban J connectivity index is 1.40. The highest BCUT2D eigenvalue weighted by Gasteiger charge is 2.23. The van der Waals surface area contributed by atoms with Crippen LogP contribution in [0.25, 0.3) is 20.7 Å². The Kier molecular flexibility index (Phi) is 7.34. The molecule has 2 aliphatic heterocycles. The second-order valence-corrected chi connectivity index (χ2v) is 10.6. The smallest absolute Gasteiger partial charge is 0.146 e. The molecule has 0 radical (unpaired) electrons. The van der Waals surface area contributed by atoms with Crippen LogP contribution in [0.3, 0.4) is 0 Å². The first-order valence-electron chi connectivity index (χ1n) is 11.9. The van der Waals surface area contributed by atoms with Gasteiger partial charge in [-0.3, -0.25) is 4.90 Å². The number of morpholine rings is 1. The van der Waals surface area contributed by atoms with E-state index in [1.807, 2.05) is 0 Å². The van der Waals surface area contributed by atoms with Gasteiger partial charge in [0.25, 0.3) is 0 Å². The van der Waals surface area contributed by atoms with Crippen molar-refractivity contribution >= 4 is 38.7 Å². The number of rotatable bonds is 8. The molecule has 0 spiro atoms. The first-order valence-corrected chi connectivity index (χ1v) is 13.7. The van der Waals surface area contributed by atoms with Crippen molar-refractivity contribution in [2.75, 3.05) is 51.3 Å². The molecule has 0 aromatic carbocycles.